The third-order valence-electron chi connectivity index (χ3n) is 4.50. The number of ether oxygens (including phenoxy) is 1. The number of hydrogen-bond acceptors (Lipinski definition) is 4. The molecule has 4 heteroatoms. The minimum absolute atomic E-state index is 0.321. The zero-order valence-electron chi connectivity index (χ0n) is 14.3. The first kappa shape index (κ1) is 18.0. The van der Waals surface area contributed by atoms with Gasteiger partial charge < -0.3 is 20.1 Å². The van der Waals surface area contributed by atoms with E-state index in [1.165, 1.54) is 24.0 Å². The van der Waals surface area contributed by atoms with Crippen molar-refractivity contribution in [1.29, 1.82) is 0 Å². The molecule has 4 nitrogen and oxygen atoms in total. The largest absolute Gasteiger partial charge is 0.496 e. The molecule has 0 bridgehead atoms. The summed E-state index contributed by atoms with van der Waals surface area (Å²) in [6.07, 6.45) is 5.10. The molecule has 128 valence electrons. The van der Waals surface area contributed by atoms with E-state index in [4.69, 9.17) is 4.74 Å². The second-order valence-corrected chi connectivity index (χ2v) is 6.31. The maximum absolute atomic E-state index is 9.28. The van der Waals surface area contributed by atoms with Crippen LogP contribution in [-0.4, -0.2) is 49.9 Å². The summed E-state index contributed by atoms with van der Waals surface area (Å²) >= 11 is 0. The number of allylic oxidation sites excluding steroid dienone is 1. The first-order valence-electron chi connectivity index (χ1n) is 8.57. The number of nitrogens with one attached hydrogen (secondary N) is 1. The van der Waals surface area contributed by atoms with Gasteiger partial charge in [-0.2, -0.15) is 0 Å². The summed E-state index contributed by atoms with van der Waals surface area (Å²) in [6.45, 7) is 9.20. The molecule has 0 saturated carbocycles. The Labute approximate surface area is 140 Å². The molecule has 2 rings (SSSR count). The first-order valence-corrected chi connectivity index (χ1v) is 8.57. The van der Waals surface area contributed by atoms with Crippen LogP contribution in [-0.2, 0) is 13.0 Å². The van der Waals surface area contributed by atoms with Gasteiger partial charge in [-0.15, -0.1) is 6.58 Å². The third kappa shape index (κ3) is 5.65. The molecule has 1 aromatic carbocycles. The van der Waals surface area contributed by atoms with Crippen LogP contribution >= 0.6 is 0 Å². The van der Waals surface area contributed by atoms with E-state index in [1.54, 1.807) is 7.11 Å². The van der Waals surface area contributed by atoms with Crippen molar-refractivity contribution in [2.24, 2.45) is 5.92 Å². The van der Waals surface area contributed by atoms with Gasteiger partial charge in [0, 0.05) is 32.8 Å². The highest BCUT2D eigenvalue weighted by atomic mass is 16.5. The summed E-state index contributed by atoms with van der Waals surface area (Å²) in [4.78, 5) is 2.45. The highest BCUT2D eigenvalue weighted by molar-refractivity contribution is 5.38. The summed E-state index contributed by atoms with van der Waals surface area (Å²) in [6, 6.07) is 6.34. The first-order chi connectivity index (χ1) is 11.3. The fourth-order valence-electron chi connectivity index (χ4n) is 3.23. The number of methoxy groups -OCH3 is 1. The van der Waals surface area contributed by atoms with Crippen molar-refractivity contribution in [3.63, 3.8) is 0 Å². The van der Waals surface area contributed by atoms with Gasteiger partial charge in [0.05, 0.1) is 7.11 Å². The maximum atomic E-state index is 9.28. The molecule has 1 aliphatic heterocycles. The van der Waals surface area contributed by atoms with Crippen LogP contribution in [0.3, 0.4) is 0 Å². The number of rotatable bonds is 9. The van der Waals surface area contributed by atoms with E-state index in [0.29, 0.717) is 12.5 Å². The van der Waals surface area contributed by atoms with Gasteiger partial charge in [-0.05, 0) is 48.9 Å². The minimum atomic E-state index is 0.321. The van der Waals surface area contributed by atoms with Gasteiger partial charge in [-0.25, -0.2) is 0 Å². The fourth-order valence-corrected chi connectivity index (χ4v) is 3.23. The van der Waals surface area contributed by atoms with Crippen LogP contribution in [0.4, 0.5) is 0 Å². The Morgan fingerprint density at radius 3 is 3.09 bits per heavy atom. The van der Waals surface area contributed by atoms with E-state index < -0.39 is 0 Å². The molecule has 0 radical (unpaired) electrons. The summed E-state index contributed by atoms with van der Waals surface area (Å²) in [5.74, 6) is 1.39. The molecule has 0 aliphatic carbocycles. The second-order valence-electron chi connectivity index (χ2n) is 6.31. The lowest BCUT2D eigenvalue weighted by molar-refractivity contribution is 0.121. The van der Waals surface area contributed by atoms with Crippen molar-refractivity contribution >= 4 is 0 Å². The van der Waals surface area contributed by atoms with Crippen LogP contribution in [0.2, 0.25) is 0 Å². The molecule has 1 aromatic rings. The SMILES string of the molecule is C=CCc1cc(CNCCN2CCC[C@H](CO)C2)ccc1OC. The van der Waals surface area contributed by atoms with Crippen molar-refractivity contribution in [1.82, 2.24) is 10.2 Å². The fraction of sp³-hybridized carbons (Fsp3) is 0.579. The number of likely N-dealkylation sites (tertiary alicyclic amines) is 1. The highest BCUT2D eigenvalue weighted by Crippen LogP contribution is 2.20. The molecule has 23 heavy (non-hydrogen) atoms. The predicted octanol–water partition coefficient (Wildman–Crippen LogP) is 2.22. The molecule has 1 atom stereocenters. The molecule has 1 aliphatic rings. The van der Waals surface area contributed by atoms with E-state index in [2.05, 4.69) is 28.9 Å². The van der Waals surface area contributed by atoms with E-state index in [0.717, 1.165) is 44.9 Å². The second kappa shape index (κ2) is 9.71. The molecule has 1 saturated heterocycles. The van der Waals surface area contributed by atoms with Crippen molar-refractivity contribution in [3.8, 4) is 5.75 Å². The predicted molar refractivity (Wildman–Crippen MR) is 94.9 cm³/mol. The van der Waals surface area contributed by atoms with Gasteiger partial charge in [0.25, 0.3) is 0 Å². The normalized spacial score (nSPS) is 18.8. The molecule has 0 aromatic heterocycles. The molecule has 0 amide bonds. The van der Waals surface area contributed by atoms with Gasteiger partial charge in [0.1, 0.15) is 5.75 Å². The Morgan fingerprint density at radius 1 is 1.48 bits per heavy atom. The molecule has 1 fully saturated rings. The molecular weight excluding hydrogens is 288 g/mol. The summed E-state index contributed by atoms with van der Waals surface area (Å²) in [5.41, 5.74) is 2.46. The average Bonchev–Trinajstić information content (AvgIpc) is 2.59. The Bertz CT molecular complexity index is 490. The topological polar surface area (TPSA) is 44.7 Å². The number of benzene rings is 1. The van der Waals surface area contributed by atoms with Gasteiger partial charge >= 0.3 is 0 Å². The smallest absolute Gasteiger partial charge is 0.122 e. The van der Waals surface area contributed by atoms with Crippen molar-refractivity contribution < 1.29 is 9.84 Å². The van der Waals surface area contributed by atoms with Gasteiger partial charge in [-0.1, -0.05) is 18.2 Å². The third-order valence-corrected chi connectivity index (χ3v) is 4.50. The van der Waals surface area contributed by atoms with Gasteiger partial charge in [0.15, 0.2) is 0 Å². The summed E-state index contributed by atoms with van der Waals surface area (Å²) in [7, 11) is 1.71. The standard InChI is InChI=1S/C19H30N2O2/c1-3-5-18-12-16(7-8-19(18)23-2)13-20-9-11-21-10-4-6-17(14-21)15-22/h3,7-8,12,17,20,22H,1,4-6,9-11,13-15H2,2H3/t17-/m0/s1. The molecule has 0 spiro atoms. The van der Waals surface area contributed by atoms with Crippen molar-refractivity contribution in [2.75, 3.05) is 39.9 Å². The number of aliphatic hydroxyl groups excluding tert-OH is 1. The zero-order chi connectivity index (χ0) is 16.5. The van der Waals surface area contributed by atoms with Crippen LogP contribution < -0.4 is 10.1 Å². The summed E-state index contributed by atoms with van der Waals surface area (Å²) < 4.78 is 5.38. The van der Waals surface area contributed by atoms with Gasteiger partial charge in [-0.3, -0.25) is 0 Å². The molecule has 0 unspecified atom stereocenters. The highest BCUT2D eigenvalue weighted by Gasteiger charge is 2.18. The molecular formula is C19H30N2O2. The van der Waals surface area contributed by atoms with Crippen LogP contribution in [0.25, 0.3) is 0 Å². The number of piperidine rings is 1. The lowest BCUT2D eigenvalue weighted by Gasteiger charge is -2.31. The Hall–Kier alpha value is -1.36. The molecule has 2 N–H and O–H groups in total. The zero-order valence-corrected chi connectivity index (χ0v) is 14.3. The van der Waals surface area contributed by atoms with E-state index in [1.807, 2.05) is 12.1 Å². The van der Waals surface area contributed by atoms with Crippen LogP contribution in [0.5, 0.6) is 5.75 Å². The number of hydrogen-bond donors (Lipinski definition) is 2. The molecule has 1 heterocycles. The number of aliphatic hydroxyl groups is 1. The van der Waals surface area contributed by atoms with E-state index >= 15 is 0 Å². The van der Waals surface area contributed by atoms with Crippen molar-refractivity contribution in [3.05, 3.63) is 42.0 Å². The maximum Gasteiger partial charge on any atom is 0.122 e. The number of nitrogens with zero attached hydrogens (tertiary/aromatic N) is 1. The average molecular weight is 318 g/mol. The Balaban J connectivity index is 1.75. The lowest BCUT2D eigenvalue weighted by atomic mass is 9.99. The Kier molecular flexibility index (Phi) is 7.59. The monoisotopic (exact) mass is 318 g/mol. The van der Waals surface area contributed by atoms with Crippen LogP contribution in [0.15, 0.2) is 30.9 Å². The van der Waals surface area contributed by atoms with E-state index in [9.17, 15) is 5.11 Å². The van der Waals surface area contributed by atoms with Gasteiger partial charge in [0.2, 0.25) is 0 Å². The minimum Gasteiger partial charge on any atom is -0.496 e. The quantitative estimate of drug-likeness (QED) is 0.541. The summed E-state index contributed by atoms with van der Waals surface area (Å²) in [5, 5.41) is 12.8. The van der Waals surface area contributed by atoms with Crippen LogP contribution in [0.1, 0.15) is 24.0 Å². The lowest BCUT2D eigenvalue weighted by Crippen LogP contribution is -2.40. The van der Waals surface area contributed by atoms with E-state index in [-0.39, 0.29) is 0 Å². The Morgan fingerprint density at radius 2 is 2.35 bits per heavy atom. The van der Waals surface area contributed by atoms with Crippen LogP contribution in [0, 0.1) is 5.92 Å². The van der Waals surface area contributed by atoms with Crippen molar-refractivity contribution in [2.45, 2.75) is 25.8 Å².